The first-order valence-electron chi connectivity index (χ1n) is 5.63. The van der Waals surface area contributed by atoms with Gasteiger partial charge >= 0.3 is 0 Å². The van der Waals surface area contributed by atoms with E-state index in [4.69, 9.17) is 5.73 Å². The van der Waals surface area contributed by atoms with Crippen molar-refractivity contribution >= 4 is 11.6 Å². The molecule has 1 aromatic heterocycles. The summed E-state index contributed by atoms with van der Waals surface area (Å²) in [4.78, 5) is 22.9. The molecule has 0 unspecified atom stereocenters. The minimum absolute atomic E-state index is 0.116. The Kier molecular flexibility index (Phi) is 4.45. The van der Waals surface area contributed by atoms with Crippen LogP contribution < -0.4 is 16.6 Å². The molecule has 1 heterocycles. The van der Waals surface area contributed by atoms with Gasteiger partial charge in [-0.3, -0.25) is 9.59 Å². The molecule has 0 fully saturated rings. The van der Waals surface area contributed by atoms with Crippen LogP contribution in [0.4, 0.5) is 5.69 Å². The fourth-order valence-corrected chi connectivity index (χ4v) is 1.52. The fraction of sp³-hybridized carbons (Fsp3) is 0.500. The number of hydrogen-bond acceptors (Lipinski definition) is 3. The summed E-state index contributed by atoms with van der Waals surface area (Å²) >= 11 is 0. The van der Waals surface area contributed by atoms with Gasteiger partial charge in [-0.25, -0.2) is 0 Å². The maximum atomic E-state index is 11.7. The highest BCUT2D eigenvalue weighted by molar-refractivity contribution is 5.94. The summed E-state index contributed by atoms with van der Waals surface area (Å²) in [7, 11) is 1.63. The predicted octanol–water partition coefficient (Wildman–Crippen LogP) is 0.697. The lowest BCUT2D eigenvalue weighted by Crippen LogP contribution is -2.36. The summed E-state index contributed by atoms with van der Waals surface area (Å²) < 4.78 is 1.41. The Morgan fingerprint density at radius 3 is 2.65 bits per heavy atom. The summed E-state index contributed by atoms with van der Waals surface area (Å²) in [5.41, 5.74) is 6.22. The van der Waals surface area contributed by atoms with Gasteiger partial charge in [0.25, 0.3) is 0 Å². The first kappa shape index (κ1) is 13.4. The minimum atomic E-state index is -0.521. The van der Waals surface area contributed by atoms with Gasteiger partial charge in [0.2, 0.25) is 11.5 Å². The number of amides is 1. The Labute approximate surface area is 101 Å². The molecule has 3 N–H and O–H groups in total. The Hall–Kier alpha value is -1.62. The van der Waals surface area contributed by atoms with Gasteiger partial charge in [0.1, 0.15) is 0 Å². The van der Waals surface area contributed by atoms with Gasteiger partial charge in [0, 0.05) is 19.3 Å². The van der Waals surface area contributed by atoms with Gasteiger partial charge in [-0.05, 0) is 18.4 Å². The van der Waals surface area contributed by atoms with E-state index >= 15 is 0 Å². The van der Waals surface area contributed by atoms with Crippen LogP contribution >= 0.6 is 0 Å². The molecule has 0 aliphatic carbocycles. The zero-order valence-corrected chi connectivity index (χ0v) is 10.4. The number of nitrogens with two attached hydrogens (primary N) is 1. The molecule has 0 aliphatic heterocycles. The van der Waals surface area contributed by atoms with Crippen LogP contribution in [0.25, 0.3) is 0 Å². The number of aryl methyl sites for hydroxylation is 1. The third-order valence-corrected chi connectivity index (χ3v) is 2.42. The van der Waals surface area contributed by atoms with Gasteiger partial charge in [-0.15, -0.1) is 0 Å². The quantitative estimate of drug-likeness (QED) is 0.809. The molecule has 1 amide bonds. The second-order valence-corrected chi connectivity index (χ2v) is 4.59. The largest absolute Gasteiger partial charge is 0.323 e. The molecule has 0 spiro atoms. The molecule has 17 heavy (non-hydrogen) atoms. The van der Waals surface area contributed by atoms with Crippen LogP contribution in [0.5, 0.6) is 0 Å². The Balaban J connectivity index is 2.67. The van der Waals surface area contributed by atoms with E-state index in [2.05, 4.69) is 5.32 Å². The first-order chi connectivity index (χ1) is 7.90. The molecule has 5 nitrogen and oxygen atoms in total. The molecule has 94 valence electrons. The van der Waals surface area contributed by atoms with Crippen LogP contribution in [-0.4, -0.2) is 16.5 Å². The average Bonchev–Trinajstić information content (AvgIpc) is 2.22. The third-order valence-electron chi connectivity index (χ3n) is 2.42. The van der Waals surface area contributed by atoms with Gasteiger partial charge in [-0.1, -0.05) is 13.8 Å². The Morgan fingerprint density at radius 2 is 2.12 bits per heavy atom. The number of nitrogens with zero attached hydrogens (tertiary/aromatic N) is 1. The summed E-state index contributed by atoms with van der Waals surface area (Å²) in [6, 6.07) is 2.46. The molecule has 0 saturated carbocycles. The van der Waals surface area contributed by atoms with Crippen LogP contribution in [-0.2, 0) is 11.8 Å². The normalized spacial score (nSPS) is 12.5. The van der Waals surface area contributed by atoms with Crippen molar-refractivity contribution in [3.05, 3.63) is 28.7 Å². The van der Waals surface area contributed by atoms with Gasteiger partial charge < -0.3 is 15.6 Å². The molecule has 5 heteroatoms. The lowest BCUT2D eigenvalue weighted by molar-refractivity contribution is -0.117. The summed E-state index contributed by atoms with van der Waals surface area (Å²) in [6.45, 7) is 4.03. The summed E-state index contributed by atoms with van der Waals surface area (Å²) in [5.74, 6) is 0.147. The maximum absolute atomic E-state index is 11.7. The first-order valence-corrected chi connectivity index (χ1v) is 5.63. The van der Waals surface area contributed by atoms with E-state index in [1.807, 2.05) is 13.8 Å². The number of anilines is 1. The van der Waals surface area contributed by atoms with Crippen molar-refractivity contribution in [2.75, 3.05) is 5.32 Å². The van der Waals surface area contributed by atoms with E-state index < -0.39 is 6.04 Å². The molecule has 0 aromatic carbocycles. The van der Waals surface area contributed by atoms with Crippen molar-refractivity contribution in [2.24, 2.45) is 18.7 Å². The number of carbonyl (C=O) groups excluding carboxylic acids is 1. The number of rotatable bonds is 4. The van der Waals surface area contributed by atoms with E-state index in [1.54, 1.807) is 19.3 Å². The minimum Gasteiger partial charge on any atom is -0.323 e. The van der Waals surface area contributed by atoms with Crippen molar-refractivity contribution in [1.82, 2.24) is 4.57 Å². The van der Waals surface area contributed by atoms with E-state index in [0.717, 1.165) is 0 Å². The molecule has 0 bridgehead atoms. The highest BCUT2D eigenvalue weighted by atomic mass is 16.2. The zero-order chi connectivity index (χ0) is 13.0. The number of nitrogens with one attached hydrogen (secondary N) is 1. The van der Waals surface area contributed by atoms with Gasteiger partial charge in [0.05, 0.1) is 11.7 Å². The Bertz CT molecular complexity index is 451. The average molecular weight is 237 g/mol. The Morgan fingerprint density at radius 1 is 1.47 bits per heavy atom. The molecule has 0 aliphatic rings. The van der Waals surface area contributed by atoms with Crippen LogP contribution in [0.15, 0.2) is 23.1 Å². The van der Waals surface area contributed by atoms with Crippen molar-refractivity contribution in [3.8, 4) is 0 Å². The molecular formula is C12H19N3O2. The fourth-order valence-electron chi connectivity index (χ4n) is 1.52. The van der Waals surface area contributed by atoms with E-state index in [9.17, 15) is 9.59 Å². The smallest absolute Gasteiger partial charge is 0.250 e. The molecule has 1 atom stereocenters. The predicted molar refractivity (Wildman–Crippen MR) is 67.7 cm³/mol. The van der Waals surface area contributed by atoms with E-state index in [1.165, 1.54) is 10.6 Å². The number of carbonyl (C=O) groups is 1. The number of hydrogen-bond donors (Lipinski definition) is 2. The van der Waals surface area contributed by atoms with Crippen LogP contribution in [0.3, 0.4) is 0 Å². The highest BCUT2D eigenvalue weighted by Gasteiger charge is 2.15. The SMILES string of the molecule is CC(C)C[C@H](N)C(=O)Nc1ccc(=O)n(C)c1. The van der Waals surface area contributed by atoms with Crippen molar-refractivity contribution < 1.29 is 4.79 Å². The van der Waals surface area contributed by atoms with Crippen LogP contribution in [0, 0.1) is 5.92 Å². The van der Waals surface area contributed by atoms with Gasteiger partial charge in [-0.2, -0.15) is 0 Å². The van der Waals surface area contributed by atoms with Crippen molar-refractivity contribution in [3.63, 3.8) is 0 Å². The molecule has 1 rings (SSSR count). The van der Waals surface area contributed by atoms with E-state index in [0.29, 0.717) is 18.0 Å². The lowest BCUT2D eigenvalue weighted by atomic mass is 10.0. The van der Waals surface area contributed by atoms with Crippen molar-refractivity contribution in [2.45, 2.75) is 26.3 Å². The number of pyridine rings is 1. The van der Waals surface area contributed by atoms with Crippen molar-refractivity contribution in [1.29, 1.82) is 0 Å². The molecule has 0 saturated heterocycles. The summed E-state index contributed by atoms with van der Waals surface area (Å²) in [6.07, 6.45) is 2.21. The van der Waals surface area contributed by atoms with Crippen LogP contribution in [0.2, 0.25) is 0 Å². The zero-order valence-electron chi connectivity index (χ0n) is 10.4. The second kappa shape index (κ2) is 5.63. The van der Waals surface area contributed by atoms with Gasteiger partial charge in [0.15, 0.2) is 0 Å². The highest BCUT2D eigenvalue weighted by Crippen LogP contribution is 2.07. The number of aromatic nitrogens is 1. The summed E-state index contributed by atoms with van der Waals surface area (Å²) in [5, 5.41) is 2.69. The standard InChI is InChI=1S/C12H19N3O2/c1-8(2)6-10(13)12(17)14-9-4-5-11(16)15(3)7-9/h4-5,7-8,10H,6,13H2,1-3H3,(H,14,17)/t10-/m0/s1. The molecule has 0 radical (unpaired) electrons. The topological polar surface area (TPSA) is 77.1 Å². The third kappa shape index (κ3) is 4.03. The monoisotopic (exact) mass is 237 g/mol. The van der Waals surface area contributed by atoms with E-state index in [-0.39, 0.29) is 11.5 Å². The molecule has 1 aromatic rings. The lowest BCUT2D eigenvalue weighted by Gasteiger charge is -2.14. The van der Waals surface area contributed by atoms with Crippen LogP contribution in [0.1, 0.15) is 20.3 Å². The second-order valence-electron chi connectivity index (χ2n) is 4.59. The molecular weight excluding hydrogens is 218 g/mol. The maximum Gasteiger partial charge on any atom is 0.250 e.